The zero-order valence-corrected chi connectivity index (χ0v) is 15.2. The maximum Gasteiger partial charge on any atom is 0.337 e. The summed E-state index contributed by atoms with van der Waals surface area (Å²) >= 11 is 0. The van der Waals surface area contributed by atoms with Crippen LogP contribution in [0.5, 0.6) is 5.75 Å². The third-order valence-corrected chi connectivity index (χ3v) is 5.67. The molecule has 1 aliphatic carbocycles. The Hall–Kier alpha value is -2.33. The standard InChI is InChI=1S/C22H24O4/c1-12-5-8-17(14-6-7-14)20(19(12)21(23)22(24)25)16-9-10-18-15(13(16)2)4-3-11-26-18/h5,8-10,14,21,23H,3-4,6-7,11H2,1-2H3,(H,24,25)/t21-/m0/s1. The van der Waals surface area contributed by atoms with Crippen molar-refractivity contribution in [2.45, 2.75) is 51.6 Å². The third-order valence-electron chi connectivity index (χ3n) is 5.67. The summed E-state index contributed by atoms with van der Waals surface area (Å²) in [6.07, 6.45) is 2.68. The lowest BCUT2D eigenvalue weighted by atomic mass is 9.83. The van der Waals surface area contributed by atoms with Gasteiger partial charge in [0.15, 0.2) is 6.10 Å². The molecule has 2 aromatic rings. The molecule has 1 atom stereocenters. The second-order valence-electron chi connectivity index (χ2n) is 7.44. The van der Waals surface area contributed by atoms with Crippen LogP contribution >= 0.6 is 0 Å². The van der Waals surface area contributed by atoms with E-state index in [-0.39, 0.29) is 0 Å². The Morgan fingerprint density at radius 3 is 2.65 bits per heavy atom. The van der Waals surface area contributed by atoms with E-state index in [1.165, 1.54) is 5.56 Å². The number of aliphatic carboxylic acids is 1. The summed E-state index contributed by atoms with van der Waals surface area (Å²) in [7, 11) is 0. The van der Waals surface area contributed by atoms with Gasteiger partial charge in [0.25, 0.3) is 0 Å². The number of rotatable bonds is 4. The van der Waals surface area contributed by atoms with Gasteiger partial charge < -0.3 is 14.9 Å². The Kier molecular flexibility index (Phi) is 4.23. The second kappa shape index (κ2) is 6.44. The minimum atomic E-state index is -1.52. The van der Waals surface area contributed by atoms with Gasteiger partial charge in [0.05, 0.1) is 6.61 Å². The van der Waals surface area contributed by atoms with Gasteiger partial charge in [-0.2, -0.15) is 0 Å². The zero-order valence-electron chi connectivity index (χ0n) is 15.2. The molecule has 2 N–H and O–H groups in total. The second-order valence-corrected chi connectivity index (χ2v) is 7.44. The lowest BCUT2D eigenvalue weighted by Crippen LogP contribution is -2.15. The summed E-state index contributed by atoms with van der Waals surface area (Å²) in [5.74, 6) is 0.178. The molecule has 1 heterocycles. The Balaban J connectivity index is 1.98. The normalized spacial score (nSPS) is 17.3. The monoisotopic (exact) mass is 352 g/mol. The van der Waals surface area contributed by atoms with Gasteiger partial charge in [-0.15, -0.1) is 0 Å². The molecule has 1 aliphatic heterocycles. The number of carboxylic acid groups (broad SMARTS) is 1. The van der Waals surface area contributed by atoms with E-state index < -0.39 is 12.1 Å². The molecule has 4 heteroatoms. The van der Waals surface area contributed by atoms with Gasteiger partial charge in [0.2, 0.25) is 0 Å². The third kappa shape index (κ3) is 2.78. The average molecular weight is 352 g/mol. The molecule has 4 nitrogen and oxygen atoms in total. The van der Waals surface area contributed by atoms with E-state index in [1.54, 1.807) is 0 Å². The number of hydrogen-bond donors (Lipinski definition) is 2. The molecule has 1 saturated carbocycles. The van der Waals surface area contributed by atoms with Gasteiger partial charge in [-0.05, 0) is 84.9 Å². The van der Waals surface area contributed by atoms with Crippen molar-refractivity contribution in [3.05, 3.63) is 52.1 Å². The van der Waals surface area contributed by atoms with E-state index in [9.17, 15) is 15.0 Å². The molecule has 0 spiro atoms. The van der Waals surface area contributed by atoms with Gasteiger partial charge in [-0.3, -0.25) is 0 Å². The fourth-order valence-electron chi connectivity index (χ4n) is 4.13. The van der Waals surface area contributed by atoms with Crippen LogP contribution in [0.15, 0.2) is 24.3 Å². The predicted octanol–water partition coefficient (Wildman–Crippen LogP) is 4.29. The number of benzene rings is 2. The number of aryl methyl sites for hydroxylation is 1. The van der Waals surface area contributed by atoms with Crippen LogP contribution in [0.25, 0.3) is 11.1 Å². The SMILES string of the molecule is Cc1ccc(C2CC2)c(-c2ccc3c(c2C)CCCO3)c1[C@H](O)C(=O)O. The molecule has 2 aromatic carbocycles. The summed E-state index contributed by atoms with van der Waals surface area (Å²) < 4.78 is 5.78. The molecule has 0 saturated heterocycles. The predicted molar refractivity (Wildman–Crippen MR) is 99.7 cm³/mol. The number of hydrogen-bond acceptors (Lipinski definition) is 3. The van der Waals surface area contributed by atoms with Gasteiger partial charge in [0.1, 0.15) is 5.75 Å². The first kappa shape index (κ1) is 17.1. The highest BCUT2D eigenvalue weighted by Gasteiger charge is 2.32. The number of aliphatic hydroxyl groups is 1. The Morgan fingerprint density at radius 2 is 1.96 bits per heavy atom. The van der Waals surface area contributed by atoms with Crippen LogP contribution in [0.3, 0.4) is 0 Å². The summed E-state index contributed by atoms with van der Waals surface area (Å²) in [5, 5.41) is 19.9. The van der Waals surface area contributed by atoms with E-state index in [2.05, 4.69) is 13.0 Å². The Bertz CT molecular complexity index is 880. The number of ether oxygens (including phenoxy) is 1. The molecule has 0 amide bonds. The minimum absolute atomic E-state index is 0.456. The summed E-state index contributed by atoms with van der Waals surface area (Å²) in [5.41, 5.74) is 6.77. The smallest absolute Gasteiger partial charge is 0.337 e. The molecule has 2 aliphatic rings. The molecular weight excluding hydrogens is 328 g/mol. The maximum absolute atomic E-state index is 11.6. The van der Waals surface area contributed by atoms with Gasteiger partial charge in [-0.1, -0.05) is 18.2 Å². The minimum Gasteiger partial charge on any atom is -0.493 e. The van der Waals surface area contributed by atoms with Crippen LogP contribution in [0.4, 0.5) is 0 Å². The van der Waals surface area contributed by atoms with Gasteiger partial charge in [-0.25, -0.2) is 4.79 Å². The first-order valence-corrected chi connectivity index (χ1v) is 9.29. The fourth-order valence-corrected chi connectivity index (χ4v) is 4.13. The highest BCUT2D eigenvalue weighted by molar-refractivity contribution is 5.84. The van der Waals surface area contributed by atoms with E-state index in [4.69, 9.17) is 4.74 Å². The van der Waals surface area contributed by atoms with Crippen LogP contribution in [-0.2, 0) is 11.2 Å². The van der Waals surface area contributed by atoms with E-state index in [0.29, 0.717) is 11.5 Å². The van der Waals surface area contributed by atoms with E-state index in [0.717, 1.165) is 65.9 Å². The van der Waals surface area contributed by atoms with Crippen molar-refractivity contribution in [2.24, 2.45) is 0 Å². The summed E-state index contributed by atoms with van der Waals surface area (Å²) in [6, 6.07) is 8.07. The zero-order chi connectivity index (χ0) is 18.4. The van der Waals surface area contributed by atoms with Crippen LogP contribution in [0, 0.1) is 13.8 Å². The number of carboxylic acids is 1. The Morgan fingerprint density at radius 1 is 1.19 bits per heavy atom. The summed E-state index contributed by atoms with van der Waals surface area (Å²) in [6.45, 7) is 4.70. The first-order valence-electron chi connectivity index (χ1n) is 9.29. The number of carbonyl (C=O) groups is 1. The maximum atomic E-state index is 11.6. The van der Waals surface area contributed by atoms with Crippen molar-refractivity contribution in [3.63, 3.8) is 0 Å². The van der Waals surface area contributed by atoms with Crippen molar-refractivity contribution >= 4 is 5.97 Å². The highest BCUT2D eigenvalue weighted by Crippen LogP contribution is 2.48. The van der Waals surface area contributed by atoms with E-state index >= 15 is 0 Å². The van der Waals surface area contributed by atoms with Crippen LogP contribution in [0.2, 0.25) is 0 Å². The average Bonchev–Trinajstić information content (AvgIpc) is 3.46. The molecule has 0 bridgehead atoms. The van der Waals surface area contributed by atoms with Gasteiger partial charge in [0, 0.05) is 5.56 Å². The highest BCUT2D eigenvalue weighted by atomic mass is 16.5. The molecular formula is C22H24O4. The summed E-state index contributed by atoms with van der Waals surface area (Å²) in [4.78, 5) is 11.6. The number of aliphatic hydroxyl groups excluding tert-OH is 1. The van der Waals surface area contributed by atoms with Crippen molar-refractivity contribution in [3.8, 4) is 16.9 Å². The van der Waals surface area contributed by atoms with Crippen molar-refractivity contribution in [1.82, 2.24) is 0 Å². The van der Waals surface area contributed by atoms with Crippen molar-refractivity contribution < 1.29 is 19.7 Å². The molecule has 1 fully saturated rings. The van der Waals surface area contributed by atoms with Crippen LogP contribution < -0.4 is 4.74 Å². The largest absolute Gasteiger partial charge is 0.493 e. The van der Waals surface area contributed by atoms with Crippen LogP contribution in [-0.4, -0.2) is 22.8 Å². The Labute approximate surface area is 153 Å². The molecule has 136 valence electrons. The van der Waals surface area contributed by atoms with Crippen LogP contribution in [0.1, 0.15) is 59.1 Å². The molecule has 26 heavy (non-hydrogen) atoms. The quantitative estimate of drug-likeness (QED) is 0.861. The lowest BCUT2D eigenvalue weighted by Gasteiger charge is -2.25. The molecule has 4 rings (SSSR count). The molecule has 0 radical (unpaired) electrons. The fraction of sp³-hybridized carbons (Fsp3) is 0.409. The van der Waals surface area contributed by atoms with E-state index in [1.807, 2.05) is 25.1 Å². The number of fused-ring (bicyclic) bond motifs is 1. The molecule has 0 unspecified atom stereocenters. The van der Waals surface area contributed by atoms with Gasteiger partial charge >= 0.3 is 5.97 Å². The molecule has 0 aromatic heterocycles. The van der Waals surface area contributed by atoms with Crippen molar-refractivity contribution in [2.75, 3.05) is 6.61 Å². The van der Waals surface area contributed by atoms with Crippen molar-refractivity contribution in [1.29, 1.82) is 0 Å². The lowest BCUT2D eigenvalue weighted by molar-refractivity contribution is -0.146. The first-order chi connectivity index (χ1) is 12.5. The topological polar surface area (TPSA) is 66.8 Å².